The lowest BCUT2D eigenvalue weighted by Gasteiger charge is -2.22. The molecule has 0 radical (unpaired) electrons. The van der Waals surface area contributed by atoms with E-state index in [9.17, 15) is 5.11 Å². The van der Waals surface area contributed by atoms with E-state index in [1.54, 1.807) is 0 Å². The minimum absolute atomic E-state index is 0.419. The molecule has 0 bridgehead atoms. The fourth-order valence-electron chi connectivity index (χ4n) is 1.52. The maximum absolute atomic E-state index is 9.73. The van der Waals surface area contributed by atoms with Crippen molar-refractivity contribution in [2.24, 2.45) is 0 Å². The maximum atomic E-state index is 9.73. The summed E-state index contributed by atoms with van der Waals surface area (Å²) in [5.41, 5.74) is -0.480. The monoisotopic (exact) mass is 172 g/mol. The van der Waals surface area contributed by atoms with E-state index in [1.165, 1.54) is 12.8 Å². The van der Waals surface area contributed by atoms with E-state index in [0.717, 1.165) is 25.9 Å². The van der Waals surface area contributed by atoms with Crippen LogP contribution < -0.4 is 0 Å². The first kappa shape index (κ1) is 10.0. The second-order valence-corrected chi connectivity index (χ2v) is 4.02. The number of hydrogen-bond donors (Lipinski definition) is 1. The van der Waals surface area contributed by atoms with Gasteiger partial charge >= 0.3 is 0 Å². The third-order valence-corrected chi connectivity index (χ3v) is 2.79. The molecule has 2 heteroatoms. The van der Waals surface area contributed by atoms with E-state index in [2.05, 4.69) is 0 Å². The van der Waals surface area contributed by atoms with Crippen molar-refractivity contribution in [3.63, 3.8) is 0 Å². The molecular weight excluding hydrogens is 152 g/mol. The molecule has 2 unspecified atom stereocenters. The van der Waals surface area contributed by atoms with Crippen LogP contribution in [0.4, 0.5) is 0 Å². The molecule has 0 aliphatic carbocycles. The van der Waals surface area contributed by atoms with Crippen molar-refractivity contribution in [2.75, 3.05) is 6.61 Å². The van der Waals surface area contributed by atoms with Gasteiger partial charge in [-0.3, -0.25) is 0 Å². The van der Waals surface area contributed by atoms with E-state index in [-0.39, 0.29) is 0 Å². The van der Waals surface area contributed by atoms with Gasteiger partial charge in [0.05, 0.1) is 11.7 Å². The molecule has 1 aliphatic rings. The van der Waals surface area contributed by atoms with Gasteiger partial charge < -0.3 is 9.84 Å². The summed E-state index contributed by atoms with van der Waals surface area (Å²) in [6.07, 6.45) is 5.51. The minimum atomic E-state index is -0.480. The Bertz CT molecular complexity index is 126. The highest BCUT2D eigenvalue weighted by atomic mass is 16.5. The molecule has 1 heterocycles. The van der Waals surface area contributed by atoms with Gasteiger partial charge in [0, 0.05) is 6.61 Å². The summed E-state index contributed by atoms with van der Waals surface area (Å²) in [6, 6.07) is 0. The fraction of sp³-hybridized carbons (Fsp3) is 1.00. The van der Waals surface area contributed by atoms with Gasteiger partial charge in [0.15, 0.2) is 0 Å². The van der Waals surface area contributed by atoms with Gasteiger partial charge in [0.1, 0.15) is 0 Å². The molecule has 0 aromatic heterocycles. The van der Waals surface area contributed by atoms with Crippen molar-refractivity contribution in [2.45, 2.75) is 57.7 Å². The summed E-state index contributed by atoms with van der Waals surface area (Å²) in [5.74, 6) is 0. The topological polar surface area (TPSA) is 29.5 Å². The zero-order chi connectivity index (χ0) is 9.03. The quantitative estimate of drug-likeness (QED) is 0.703. The second-order valence-electron chi connectivity index (χ2n) is 4.02. The molecule has 0 aromatic rings. The van der Waals surface area contributed by atoms with Crippen molar-refractivity contribution >= 4 is 0 Å². The Labute approximate surface area is 74.9 Å². The van der Waals surface area contributed by atoms with Gasteiger partial charge in [-0.05, 0) is 39.0 Å². The lowest BCUT2D eigenvalue weighted by atomic mass is 9.95. The van der Waals surface area contributed by atoms with Crippen LogP contribution in [-0.4, -0.2) is 23.4 Å². The average molecular weight is 172 g/mol. The van der Waals surface area contributed by atoms with Gasteiger partial charge in [0.2, 0.25) is 0 Å². The molecule has 1 N–H and O–H groups in total. The SMILES string of the molecule is CCC(C)(O)CCC1CCCO1. The van der Waals surface area contributed by atoms with Gasteiger partial charge in [-0.15, -0.1) is 0 Å². The molecule has 2 nitrogen and oxygen atoms in total. The Morgan fingerprint density at radius 3 is 2.83 bits per heavy atom. The summed E-state index contributed by atoms with van der Waals surface area (Å²) >= 11 is 0. The summed E-state index contributed by atoms with van der Waals surface area (Å²) < 4.78 is 5.48. The Morgan fingerprint density at radius 1 is 1.58 bits per heavy atom. The van der Waals surface area contributed by atoms with Crippen molar-refractivity contribution in [1.29, 1.82) is 0 Å². The zero-order valence-electron chi connectivity index (χ0n) is 8.18. The van der Waals surface area contributed by atoms with Crippen LogP contribution in [0.15, 0.2) is 0 Å². The molecule has 1 fully saturated rings. The molecule has 1 aliphatic heterocycles. The second kappa shape index (κ2) is 4.24. The summed E-state index contributed by atoms with van der Waals surface area (Å²) in [7, 11) is 0. The molecule has 0 saturated carbocycles. The van der Waals surface area contributed by atoms with Gasteiger partial charge in [0.25, 0.3) is 0 Å². The minimum Gasteiger partial charge on any atom is -0.390 e. The largest absolute Gasteiger partial charge is 0.390 e. The molecular formula is C10H20O2. The number of hydrogen-bond acceptors (Lipinski definition) is 2. The summed E-state index contributed by atoms with van der Waals surface area (Å²) in [5, 5.41) is 9.73. The molecule has 2 atom stereocenters. The Hall–Kier alpha value is -0.0800. The summed E-state index contributed by atoms with van der Waals surface area (Å²) in [4.78, 5) is 0. The van der Waals surface area contributed by atoms with Crippen molar-refractivity contribution in [3.05, 3.63) is 0 Å². The third kappa shape index (κ3) is 3.11. The van der Waals surface area contributed by atoms with Gasteiger partial charge in [-0.2, -0.15) is 0 Å². The number of rotatable bonds is 4. The highest BCUT2D eigenvalue weighted by Crippen LogP contribution is 2.23. The van der Waals surface area contributed by atoms with E-state index < -0.39 is 5.60 Å². The highest BCUT2D eigenvalue weighted by molar-refractivity contribution is 4.74. The van der Waals surface area contributed by atoms with E-state index in [1.807, 2.05) is 13.8 Å². The van der Waals surface area contributed by atoms with Gasteiger partial charge in [-0.25, -0.2) is 0 Å². The maximum Gasteiger partial charge on any atom is 0.0618 e. The first-order chi connectivity index (χ1) is 5.64. The average Bonchev–Trinajstić information content (AvgIpc) is 2.53. The van der Waals surface area contributed by atoms with Crippen LogP contribution in [0, 0.1) is 0 Å². The highest BCUT2D eigenvalue weighted by Gasteiger charge is 2.22. The van der Waals surface area contributed by atoms with E-state index in [0.29, 0.717) is 6.10 Å². The van der Waals surface area contributed by atoms with Crippen molar-refractivity contribution in [1.82, 2.24) is 0 Å². The first-order valence-corrected chi connectivity index (χ1v) is 4.98. The zero-order valence-corrected chi connectivity index (χ0v) is 8.18. The van der Waals surface area contributed by atoms with Crippen LogP contribution >= 0.6 is 0 Å². The molecule has 1 rings (SSSR count). The molecule has 72 valence electrons. The predicted molar refractivity (Wildman–Crippen MR) is 49.1 cm³/mol. The fourth-order valence-corrected chi connectivity index (χ4v) is 1.52. The molecule has 1 saturated heterocycles. The first-order valence-electron chi connectivity index (χ1n) is 4.98. The lowest BCUT2D eigenvalue weighted by Crippen LogP contribution is -2.24. The summed E-state index contributed by atoms with van der Waals surface area (Å²) in [6.45, 7) is 4.84. The van der Waals surface area contributed by atoms with E-state index in [4.69, 9.17) is 4.74 Å². The number of aliphatic hydroxyl groups is 1. The molecule has 0 aromatic carbocycles. The van der Waals surface area contributed by atoms with Crippen LogP contribution in [0.3, 0.4) is 0 Å². The molecule has 0 amide bonds. The van der Waals surface area contributed by atoms with Crippen LogP contribution in [0.2, 0.25) is 0 Å². The van der Waals surface area contributed by atoms with Crippen LogP contribution in [-0.2, 0) is 4.74 Å². The van der Waals surface area contributed by atoms with Crippen LogP contribution in [0.25, 0.3) is 0 Å². The molecule has 0 spiro atoms. The smallest absolute Gasteiger partial charge is 0.0618 e. The molecule has 12 heavy (non-hydrogen) atoms. The van der Waals surface area contributed by atoms with Crippen LogP contribution in [0.1, 0.15) is 46.0 Å². The Balaban J connectivity index is 2.15. The van der Waals surface area contributed by atoms with Crippen molar-refractivity contribution < 1.29 is 9.84 Å². The third-order valence-electron chi connectivity index (χ3n) is 2.79. The van der Waals surface area contributed by atoms with Crippen LogP contribution in [0.5, 0.6) is 0 Å². The van der Waals surface area contributed by atoms with Crippen molar-refractivity contribution in [3.8, 4) is 0 Å². The Morgan fingerprint density at radius 2 is 2.33 bits per heavy atom. The lowest BCUT2D eigenvalue weighted by molar-refractivity contribution is 0.0223. The Kier molecular flexibility index (Phi) is 3.53. The number of ether oxygens (including phenoxy) is 1. The van der Waals surface area contributed by atoms with E-state index >= 15 is 0 Å². The predicted octanol–water partition coefficient (Wildman–Crippen LogP) is 2.11. The standard InChI is InChI=1S/C10H20O2/c1-3-10(2,11)7-6-9-5-4-8-12-9/h9,11H,3-8H2,1-2H3. The normalized spacial score (nSPS) is 28.8. The van der Waals surface area contributed by atoms with Gasteiger partial charge in [-0.1, -0.05) is 6.92 Å².